The molecule has 2 aromatic heterocycles. The number of benzene rings is 1. The number of ether oxygens (including phenoxy) is 1. The molecular formula is C23H17F4N5O2. The van der Waals surface area contributed by atoms with Crippen LogP contribution >= 0.6 is 0 Å². The Kier molecular flexibility index (Phi) is 6.32. The fourth-order valence-corrected chi connectivity index (χ4v) is 3.61. The highest BCUT2D eigenvalue weighted by Crippen LogP contribution is 2.32. The van der Waals surface area contributed by atoms with Crippen LogP contribution in [0.15, 0.2) is 48.9 Å². The number of nitriles is 1. The monoisotopic (exact) mass is 471 g/mol. The maximum atomic E-state index is 14.0. The molecule has 7 nitrogen and oxygen atoms in total. The first-order valence-electron chi connectivity index (χ1n) is 10.2. The van der Waals surface area contributed by atoms with E-state index in [2.05, 4.69) is 24.9 Å². The van der Waals surface area contributed by atoms with E-state index in [1.165, 1.54) is 12.4 Å². The third-order valence-corrected chi connectivity index (χ3v) is 5.13. The molecule has 1 amide bonds. The van der Waals surface area contributed by atoms with Gasteiger partial charge in [-0.05, 0) is 37.1 Å². The van der Waals surface area contributed by atoms with Crippen LogP contribution in [-0.4, -0.2) is 35.3 Å². The van der Waals surface area contributed by atoms with E-state index in [1.807, 2.05) is 6.07 Å². The van der Waals surface area contributed by atoms with Crippen molar-refractivity contribution in [3.8, 4) is 22.9 Å². The lowest BCUT2D eigenvalue weighted by Crippen LogP contribution is -2.21. The number of carbonyl (C=O) groups is 1. The molecule has 34 heavy (non-hydrogen) atoms. The number of carbonyl (C=O) groups excluding carboxylic acids is 1. The molecule has 1 aromatic carbocycles. The zero-order valence-corrected chi connectivity index (χ0v) is 17.6. The van der Waals surface area contributed by atoms with Crippen molar-refractivity contribution in [3.63, 3.8) is 0 Å². The van der Waals surface area contributed by atoms with E-state index in [0.29, 0.717) is 22.5 Å². The highest BCUT2D eigenvalue weighted by atomic mass is 19.4. The summed E-state index contributed by atoms with van der Waals surface area (Å²) in [5, 5.41) is 11.7. The summed E-state index contributed by atoms with van der Waals surface area (Å²) in [6.45, 7) is 1.59. The molecule has 0 radical (unpaired) electrons. The molecule has 1 fully saturated rings. The summed E-state index contributed by atoms with van der Waals surface area (Å²) in [5.74, 6) is -2.28. The predicted molar refractivity (Wildman–Crippen MR) is 115 cm³/mol. The molecule has 0 atom stereocenters. The molecular weight excluding hydrogens is 454 g/mol. The number of nitrogens with one attached hydrogen (secondary N) is 1. The van der Waals surface area contributed by atoms with Crippen LogP contribution in [-0.2, 0) is 0 Å². The minimum atomic E-state index is -5.04. The van der Waals surface area contributed by atoms with Crippen molar-refractivity contribution >= 4 is 17.4 Å². The summed E-state index contributed by atoms with van der Waals surface area (Å²) in [5.41, 5.74) is 1.62. The smallest absolute Gasteiger partial charge is 0.403 e. The van der Waals surface area contributed by atoms with Crippen molar-refractivity contribution in [2.24, 2.45) is 0 Å². The minimum Gasteiger partial charge on any atom is -0.403 e. The zero-order valence-electron chi connectivity index (χ0n) is 17.6. The molecule has 0 aliphatic carbocycles. The highest BCUT2D eigenvalue weighted by Gasteiger charge is 2.32. The number of anilines is 2. The lowest BCUT2D eigenvalue weighted by molar-refractivity contribution is -0.275. The van der Waals surface area contributed by atoms with Crippen molar-refractivity contribution in [2.45, 2.75) is 19.2 Å². The predicted octanol–water partition coefficient (Wildman–Crippen LogP) is 4.91. The number of hydrogen-bond acceptors (Lipinski definition) is 6. The summed E-state index contributed by atoms with van der Waals surface area (Å²) in [4.78, 5) is 23.4. The molecule has 0 bridgehead atoms. The van der Waals surface area contributed by atoms with Gasteiger partial charge in [-0.25, -0.2) is 9.37 Å². The quantitative estimate of drug-likeness (QED) is 0.532. The highest BCUT2D eigenvalue weighted by molar-refractivity contribution is 6.05. The van der Waals surface area contributed by atoms with Crippen molar-refractivity contribution < 1.29 is 27.1 Å². The summed E-state index contributed by atoms with van der Waals surface area (Å²) < 4.78 is 54.6. The molecule has 0 spiro atoms. The number of pyridine rings is 2. The summed E-state index contributed by atoms with van der Waals surface area (Å²) in [6.07, 6.45) is 1.31. The van der Waals surface area contributed by atoms with E-state index in [4.69, 9.17) is 0 Å². The molecule has 1 aliphatic heterocycles. The van der Waals surface area contributed by atoms with Gasteiger partial charge in [0.2, 0.25) is 0 Å². The van der Waals surface area contributed by atoms with Gasteiger partial charge in [-0.2, -0.15) is 5.26 Å². The second kappa shape index (κ2) is 9.35. The molecule has 0 saturated carbocycles. The average Bonchev–Trinajstić information content (AvgIpc) is 3.34. The standard InChI is InChI=1S/C23H17F4N5O2/c24-19-9-17(3-4-20(19)34-23(25,26)27)31-22(33)16-8-18(15-7-14(10-28)11-29-12-15)21(30-13-16)32-5-1-2-6-32/h3-4,7-9,11-13H,1-2,5-6H2,(H,31,33). The number of rotatable bonds is 5. The Morgan fingerprint density at radius 1 is 1.12 bits per heavy atom. The van der Waals surface area contributed by atoms with E-state index in [0.717, 1.165) is 44.1 Å². The number of hydrogen-bond donors (Lipinski definition) is 1. The molecule has 174 valence electrons. The summed E-state index contributed by atoms with van der Waals surface area (Å²) >= 11 is 0. The molecule has 1 N–H and O–H groups in total. The molecule has 3 heterocycles. The number of amides is 1. The van der Waals surface area contributed by atoms with Gasteiger partial charge in [0.1, 0.15) is 11.9 Å². The Hall–Kier alpha value is -4.20. The second-order valence-electron chi connectivity index (χ2n) is 7.51. The number of aromatic nitrogens is 2. The van der Waals surface area contributed by atoms with Crippen LogP contribution in [0.1, 0.15) is 28.8 Å². The van der Waals surface area contributed by atoms with E-state index in [1.54, 1.807) is 18.3 Å². The van der Waals surface area contributed by atoms with E-state index < -0.39 is 23.8 Å². The van der Waals surface area contributed by atoms with E-state index in [-0.39, 0.29) is 11.3 Å². The number of nitrogens with zero attached hydrogens (tertiary/aromatic N) is 4. The fraction of sp³-hybridized carbons (Fsp3) is 0.217. The summed E-state index contributed by atoms with van der Waals surface area (Å²) in [7, 11) is 0. The Morgan fingerprint density at radius 3 is 2.56 bits per heavy atom. The van der Waals surface area contributed by atoms with E-state index in [9.17, 15) is 27.6 Å². The fourth-order valence-electron chi connectivity index (χ4n) is 3.61. The first-order valence-corrected chi connectivity index (χ1v) is 10.2. The topological polar surface area (TPSA) is 91.1 Å². The lowest BCUT2D eigenvalue weighted by atomic mass is 10.0. The van der Waals surface area contributed by atoms with Crippen LogP contribution in [0.3, 0.4) is 0 Å². The molecule has 3 aromatic rings. The van der Waals surface area contributed by atoms with Crippen LogP contribution in [0.2, 0.25) is 0 Å². The molecule has 1 saturated heterocycles. The number of halogens is 4. The molecule has 1 aliphatic rings. The number of alkyl halides is 3. The van der Waals surface area contributed by atoms with Gasteiger partial charge in [-0.15, -0.1) is 13.2 Å². The van der Waals surface area contributed by atoms with Gasteiger partial charge in [0.25, 0.3) is 5.91 Å². The maximum Gasteiger partial charge on any atom is 0.573 e. The molecule has 11 heteroatoms. The van der Waals surface area contributed by atoms with Crippen molar-refractivity contribution in [3.05, 3.63) is 65.9 Å². The minimum absolute atomic E-state index is 0.0599. The first kappa shape index (κ1) is 23.0. The Morgan fingerprint density at radius 2 is 1.88 bits per heavy atom. The van der Waals surface area contributed by atoms with Gasteiger partial charge < -0.3 is 15.0 Å². The normalized spacial score (nSPS) is 13.4. The van der Waals surface area contributed by atoms with Gasteiger partial charge in [0.15, 0.2) is 11.6 Å². The van der Waals surface area contributed by atoms with Crippen LogP contribution < -0.4 is 15.0 Å². The largest absolute Gasteiger partial charge is 0.573 e. The Labute approximate surface area is 191 Å². The van der Waals surface area contributed by atoms with Gasteiger partial charge in [0, 0.05) is 54.6 Å². The second-order valence-corrected chi connectivity index (χ2v) is 7.51. The Bertz CT molecular complexity index is 1270. The Balaban J connectivity index is 1.63. The zero-order chi connectivity index (χ0) is 24.3. The lowest BCUT2D eigenvalue weighted by Gasteiger charge is -2.21. The van der Waals surface area contributed by atoms with Gasteiger partial charge in [0.05, 0.1) is 11.1 Å². The molecule has 0 unspecified atom stereocenters. The molecule has 4 rings (SSSR count). The first-order chi connectivity index (χ1) is 16.2. The third-order valence-electron chi connectivity index (χ3n) is 5.13. The van der Waals surface area contributed by atoms with Crippen molar-refractivity contribution in [1.29, 1.82) is 5.26 Å². The van der Waals surface area contributed by atoms with Gasteiger partial charge in [-0.1, -0.05) is 0 Å². The maximum absolute atomic E-state index is 14.0. The van der Waals surface area contributed by atoms with Gasteiger partial charge in [-0.3, -0.25) is 9.78 Å². The van der Waals surface area contributed by atoms with Crippen LogP contribution in [0.25, 0.3) is 11.1 Å². The van der Waals surface area contributed by atoms with Crippen LogP contribution in [0.5, 0.6) is 5.75 Å². The van der Waals surface area contributed by atoms with Gasteiger partial charge >= 0.3 is 6.36 Å². The average molecular weight is 471 g/mol. The van der Waals surface area contributed by atoms with Crippen LogP contribution in [0.4, 0.5) is 29.1 Å². The van der Waals surface area contributed by atoms with Crippen molar-refractivity contribution in [2.75, 3.05) is 23.3 Å². The third kappa shape index (κ3) is 5.23. The van der Waals surface area contributed by atoms with E-state index >= 15 is 0 Å². The summed E-state index contributed by atoms with van der Waals surface area (Å²) in [6, 6.07) is 7.85. The van der Waals surface area contributed by atoms with Crippen LogP contribution in [0, 0.1) is 17.1 Å². The SMILES string of the molecule is N#Cc1cncc(-c2cc(C(=O)Nc3ccc(OC(F)(F)F)c(F)c3)cnc2N2CCCC2)c1. The van der Waals surface area contributed by atoms with Crippen molar-refractivity contribution in [1.82, 2.24) is 9.97 Å².